The van der Waals surface area contributed by atoms with Gasteiger partial charge < -0.3 is 0 Å². The molecule has 0 saturated heterocycles. The normalized spacial score (nSPS) is 9.07. The number of halogens is 5. The fraction of sp³-hybridized carbons (Fsp3) is 0.250. The molecule has 0 heterocycles. The van der Waals surface area contributed by atoms with Gasteiger partial charge >= 0.3 is 49.4 Å². The van der Waals surface area contributed by atoms with Crippen molar-refractivity contribution in [3.05, 3.63) is 33.1 Å². The summed E-state index contributed by atoms with van der Waals surface area (Å²) in [7, 11) is 0.628. The number of rotatable bonds is 0. The maximum absolute atomic E-state index is 12.8. The van der Waals surface area contributed by atoms with Crippen LogP contribution in [0.2, 0.25) is 10.0 Å². The molecule has 1 rings (SSSR count). The number of hydrogen-bond donors (Lipinski definition) is 0. The van der Waals surface area contributed by atoms with E-state index in [4.69, 9.17) is 23.2 Å². The molecule has 1 aromatic rings. The van der Waals surface area contributed by atoms with Crippen molar-refractivity contribution < 1.29 is 13.9 Å². The van der Waals surface area contributed by atoms with Gasteiger partial charge in [0.15, 0.2) is 0 Å². The van der Waals surface area contributed by atoms with Crippen LogP contribution in [-0.2, 0) is 9.47 Å². The number of hydrogen-bond acceptors (Lipinski definition) is 0. The second kappa shape index (κ2) is 7.95. The second-order valence-corrected chi connectivity index (χ2v) is 15.0. The zero-order valence-corrected chi connectivity index (χ0v) is 14.6. The zero-order valence-electron chi connectivity index (χ0n) is 7.41. The molecule has 1 aromatic carbocycles. The Balaban J connectivity index is 0.000000500. The van der Waals surface area contributed by atoms with E-state index in [1.54, 1.807) is 13.8 Å². The Morgan fingerprint density at radius 3 is 2.07 bits per heavy atom. The Morgan fingerprint density at radius 1 is 1.21 bits per heavy atom. The molecule has 14 heavy (non-hydrogen) atoms. The van der Waals surface area contributed by atoms with E-state index < -0.39 is 5.82 Å². The van der Waals surface area contributed by atoms with Gasteiger partial charge in [0.2, 0.25) is 0 Å². The molecule has 79 valence electrons. The van der Waals surface area contributed by atoms with Gasteiger partial charge in [0.05, 0.1) is 5.02 Å². The summed E-state index contributed by atoms with van der Waals surface area (Å²) in [5.74, 6) is -0.411. The minimum atomic E-state index is -0.411. The van der Waals surface area contributed by atoms with Crippen LogP contribution in [0.25, 0.3) is 0 Å². The fourth-order valence-corrected chi connectivity index (χ4v) is 1.23. The Hall–Kier alpha value is 1.77. The van der Waals surface area contributed by atoms with E-state index >= 15 is 0 Å². The molecule has 0 atom stereocenters. The van der Waals surface area contributed by atoms with E-state index in [-0.39, 0.29) is 5.02 Å². The van der Waals surface area contributed by atoms with Crippen LogP contribution < -0.4 is 0 Å². The van der Waals surface area contributed by atoms with E-state index in [0.717, 1.165) is 0 Å². The molecule has 6 heteroatoms. The summed E-state index contributed by atoms with van der Waals surface area (Å²) in [6.45, 7) is 3.44. The van der Waals surface area contributed by atoms with Gasteiger partial charge in [0.25, 0.3) is 0 Å². The van der Waals surface area contributed by atoms with Crippen molar-refractivity contribution >= 4 is 63.2 Å². The predicted octanol–water partition coefficient (Wildman–Crippen LogP) is 5.52. The molecule has 0 N–H and O–H groups in total. The SMILES string of the molecule is Cc1cc(F)c(Cl)c(C)c1Cl.[I][V][I]. The molecule has 0 nitrogen and oxygen atoms in total. The van der Waals surface area contributed by atoms with Crippen LogP contribution in [0.3, 0.4) is 0 Å². The Morgan fingerprint density at radius 2 is 1.64 bits per heavy atom. The predicted molar refractivity (Wildman–Crippen MR) is 73.9 cm³/mol. The van der Waals surface area contributed by atoms with Crippen LogP contribution in [0.1, 0.15) is 11.1 Å². The third kappa shape index (κ3) is 4.74. The molecule has 0 aromatic heterocycles. The molecule has 0 radical (unpaired) electrons. The van der Waals surface area contributed by atoms with Crippen LogP contribution >= 0.6 is 63.2 Å². The van der Waals surface area contributed by atoms with Crippen LogP contribution in [-0.4, -0.2) is 0 Å². The van der Waals surface area contributed by atoms with E-state index in [0.29, 0.717) is 25.6 Å². The van der Waals surface area contributed by atoms with E-state index in [1.165, 1.54) is 6.07 Å². The quantitative estimate of drug-likeness (QED) is 0.327. The summed E-state index contributed by atoms with van der Waals surface area (Å²) >= 11 is 16.1. The van der Waals surface area contributed by atoms with Crippen molar-refractivity contribution in [2.45, 2.75) is 13.8 Å². The van der Waals surface area contributed by atoms with Gasteiger partial charge in [-0.3, -0.25) is 0 Å². The van der Waals surface area contributed by atoms with Gasteiger partial charge in [0.1, 0.15) is 5.82 Å². The van der Waals surface area contributed by atoms with Crippen LogP contribution in [0.5, 0.6) is 0 Å². The van der Waals surface area contributed by atoms with E-state index in [2.05, 4.69) is 40.0 Å². The fourth-order valence-electron chi connectivity index (χ4n) is 0.888. The van der Waals surface area contributed by atoms with Crippen molar-refractivity contribution in [3.63, 3.8) is 0 Å². The first-order valence-corrected chi connectivity index (χ1v) is 13.3. The molecular formula is C8H7Cl2FI2V. The molecule has 0 unspecified atom stereocenters. The van der Waals surface area contributed by atoms with Crippen molar-refractivity contribution in [3.8, 4) is 0 Å². The van der Waals surface area contributed by atoms with Gasteiger partial charge in [-0.2, -0.15) is 0 Å². The summed E-state index contributed by atoms with van der Waals surface area (Å²) in [5, 5.41) is 0.650. The topological polar surface area (TPSA) is 0 Å². The molecule has 0 aliphatic carbocycles. The number of benzene rings is 1. The Bertz CT molecular complexity index is 294. The van der Waals surface area contributed by atoms with Gasteiger partial charge in [0, 0.05) is 5.02 Å². The number of aryl methyl sites for hydroxylation is 1. The summed E-state index contributed by atoms with van der Waals surface area (Å²) in [6.07, 6.45) is 0. The van der Waals surface area contributed by atoms with Gasteiger partial charge in [-0.25, -0.2) is 4.39 Å². The van der Waals surface area contributed by atoms with Crippen LogP contribution in [0.4, 0.5) is 4.39 Å². The molecule has 0 saturated carbocycles. The van der Waals surface area contributed by atoms with Crippen molar-refractivity contribution in [2.24, 2.45) is 0 Å². The summed E-state index contributed by atoms with van der Waals surface area (Å²) < 4.78 is 12.8. The van der Waals surface area contributed by atoms with Gasteiger partial charge in [-0.1, -0.05) is 23.2 Å². The molecule has 0 aliphatic rings. The van der Waals surface area contributed by atoms with E-state index in [9.17, 15) is 4.39 Å². The standard InChI is InChI=1S/C8H7Cl2F.2HI.V/c1-4-3-6(11)8(10)5(2)7(4)9;;;/h3H,1-2H3;2*1H;/q;;;+2/p-2. The zero-order chi connectivity index (χ0) is 11.3. The second-order valence-electron chi connectivity index (χ2n) is 2.49. The van der Waals surface area contributed by atoms with Crippen molar-refractivity contribution in [1.29, 1.82) is 0 Å². The van der Waals surface area contributed by atoms with Gasteiger partial charge in [-0.05, 0) is 31.0 Å². The van der Waals surface area contributed by atoms with Gasteiger partial charge in [-0.15, -0.1) is 0 Å². The van der Waals surface area contributed by atoms with Crippen molar-refractivity contribution in [2.75, 3.05) is 0 Å². The molecule has 0 spiro atoms. The third-order valence-corrected chi connectivity index (χ3v) is 2.60. The molecule has 0 amide bonds. The van der Waals surface area contributed by atoms with E-state index in [1.807, 2.05) is 0 Å². The summed E-state index contributed by atoms with van der Waals surface area (Å²) in [5.41, 5.74) is 1.32. The minimum absolute atomic E-state index is 0.112. The monoisotopic (exact) mass is 497 g/mol. The molecule has 0 aliphatic heterocycles. The Kier molecular flexibility index (Phi) is 8.96. The van der Waals surface area contributed by atoms with Crippen LogP contribution in [0, 0.1) is 19.7 Å². The average molecular weight is 498 g/mol. The maximum atomic E-state index is 12.8. The molecule has 0 bridgehead atoms. The van der Waals surface area contributed by atoms with Crippen LogP contribution in [0.15, 0.2) is 6.07 Å². The first-order chi connectivity index (χ1) is 6.45. The summed E-state index contributed by atoms with van der Waals surface area (Å²) in [6, 6.07) is 1.33. The molecule has 0 fully saturated rings. The summed E-state index contributed by atoms with van der Waals surface area (Å²) in [4.78, 5) is 0. The van der Waals surface area contributed by atoms with Crippen molar-refractivity contribution in [1.82, 2.24) is 0 Å². The first kappa shape index (κ1) is 15.8. The molecular weight excluding hydrogens is 491 g/mol. The third-order valence-electron chi connectivity index (χ3n) is 1.56. The first-order valence-electron chi connectivity index (χ1n) is 3.48. The average Bonchev–Trinajstić information content (AvgIpc) is 2.13. The Labute approximate surface area is 122 Å².